The molecule has 0 rings (SSSR count). The van der Waals surface area contributed by atoms with Crippen LogP contribution >= 0.6 is 0 Å². The van der Waals surface area contributed by atoms with E-state index in [2.05, 4.69) is 25.9 Å². The maximum Gasteiger partial charge on any atom is 0.490 e. The first-order valence-corrected chi connectivity index (χ1v) is 17.7. The maximum absolute atomic E-state index is 11.2. The Labute approximate surface area is 254 Å². The summed E-state index contributed by atoms with van der Waals surface area (Å²) in [6, 6.07) is 0. The van der Waals surface area contributed by atoms with E-state index in [1.807, 2.05) is 0 Å². The van der Waals surface area contributed by atoms with E-state index < -0.39 is 22.3 Å². The molecule has 0 aromatic heterocycles. The van der Waals surface area contributed by atoms with E-state index in [-0.39, 0.29) is 12.4 Å². The van der Waals surface area contributed by atoms with E-state index in [0.29, 0.717) is 6.42 Å². The molecule has 3 N–H and O–H groups in total. The summed E-state index contributed by atoms with van der Waals surface area (Å²) >= 11 is 0. The van der Waals surface area contributed by atoms with E-state index in [9.17, 15) is 21.6 Å². The lowest BCUT2D eigenvalue weighted by atomic mass is 10.0. The Morgan fingerprint density at radius 1 is 0.714 bits per heavy atom. The highest BCUT2D eigenvalue weighted by molar-refractivity contribution is 7.85. The van der Waals surface area contributed by atoms with Crippen LogP contribution in [0.5, 0.6) is 0 Å². The van der Waals surface area contributed by atoms with Gasteiger partial charge in [0, 0.05) is 19.6 Å². The molecule has 8 nitrogen and oxygen atoms in total. The first kappa shape index (κ1) is 43.2. The van der Waals surface area contributed by atoms with Crippen LogP contribution in [-0.4, -0.2) is 104 Å². The zero-order valence-electron chi connectivity index (χ0n) is 26.7. The van der Waals surface area contributed by atoms with Crippen molar-refractivity contribution in [2.75, 3.05) is 59.2 Å². The molecule has 0 aliphatic heterocycles. The van der Waals surface area contributed by atoms with Crippen LogP contribution in [0.2, 0.25) is 0 Å². The van der Waals surface area contributed by atoms with E-state index in [4.69, 9.17) is 19.6 Å². The SMILES string of the molecule is CCCCCCCCCCCCCCCC[N+](C)(CCCCN(C)CCCO)CCCS(=O)(=O)O.O=C(O)C(F)(F)F. The standard InChI is InChI=1S/C28H60N2O4S.C2HF3O2/c1-4-5-6-7-8-9-10-11-12-13-14-15-16-18-24-30(3,26-21-28-35(32,33)34)25-19-17-22-29(2)23-20-27-31;3-2(4,5)1(6)7/h31H,4-28H2,1-3H3;(H,6,7)/p+1. The molecule has 1 unspecified atom stereocenters. The quantitative estimate of drug-likeness (QED) is 0.0510. The van der Waals surface area contributed by atoms with Gasteiger partial charge >= 0.3 is 12.1 Å². The molecule has 0 fully saturated rings. The number of carboxylic acids is 1. The summed E-state index contributed by atoms with van der Waals surface area (Å²) in [5, 5.41) is 16.1. The molecule has 0 spiro atoms. The Morgan fingerprint density at radius 3 is 1.45 bits per heavy atom. The van der Waals surface area contributed by atoms with Gasteiger partial charge < -0.3 is 19.6 Å². The lowest BCUT2D eigenvalue weighted by Gasteiger charge is -2.35. The molecule has 254 valence electrons. The van der Waals surface area contributed by atoms with Gasteiger partial charge in [-0.2, -0.15) is 21.6 Å². The first-order valence-electron chi connectivity index (χ1n) is 16.0. The second kappa shape index (κ2) is 26.5. The number of hydrogen-bond acceptors (Lipinski definition) is 5. The van der Waals surface area contributed by atoms with Crippen LogP contribution in [-0.2, 0) is 14.9 Å². The number of aliphatic hydroxyl groups excluding tert-OH is 1. The Balaban J connectivity index is 0. The number of carbonyl (C=O) groups is 1. The Kier molecular flexibility index (Phi) is 27.2. The van der Waals surface area contributed by atoms with Gasteiger partial charge in [-0.3, -0.25) is 4.55 Å². The number of carboxylic acid groups (broad SMARTS) is 1. The molecule has 0 aliphatic carbocycles. The van der Waals surface area contributed by atoms with Gasteiger partial charge in [-0.1, -0.05) is 84.0 Å². The van der Waals surface area contributed by atoms with E-state index in [1.165, 1.54) is 89.9 Å². The summed E-state index contributed by atoms with van der Waals surface area (Å²) in [5.74, 6) is -2.89. The molecule has 0 aromatic carbocycles. The third-order valence-corrected chi connectivity index (χ3v) is 8.38. The molecule has 0 aromatic rings. The average molecular weight is 636 g/mol. The van der Waals surface area contributed by atoms with Crippen molar-refractivity contribution in [3.05, 3.63) is 0 Å². The van der Waals surface area contributed by atoms with Gasteiger partial charge in [0.1, 0.15) is 0 Å². The smallest absolute Gasteiger partial charge is 0.475 e. The van der Waals surface area contributed by atoms with Gasteiger partial charge in [0.2, 0.25) is 0 Å². The number of alkyl halides is 3. The van der Waals surface area contributed by atoms with Gasteiger partial charge in [-0.15, -0.1) is 0 Å². The van der Waals surface area contributed by atoms with E-state index in [1.54, 1.807) is 0 Å². The minimum absolute atomic E-state index is 0.135. The predicted molar refractivity (Wildman–Crippen MR) is 164 cm³/mol. The van der Waals surface area contributed by atoms with Crippen molar-refractivity contribution in [3.8, 4) is 0 Å². The molecule has 0 saturated heterocycles. The third kappa shape index (κ3) is 32.0. The van der Waals surface area contributed by atoms with Crippen LogP contribution in [0.4, 0.5) is 13.2 Å². The molecular formula is C30H62F3N2O6S+. The van der Waals surface area contributed by atoms with Crippen LogP contribution in [0.1, 0.15) is 122 Å². The van der Waals surface area contributed by atoms with Crippen LogP contribution in [0.3, 0.4) is 0 Å². The van der Waals surface area contributed by atoms with Crippen molar-refractivity contribution in [2.45, 2.75) is 129 Å². The van der Waals surface area contributed by atoms with Gasteiger partial charge in [0.25, 0.3) is 10.1 Å². The van der Waals surface area contributed by atoms with Crippen molar-refractivity contribution in [1.29, 1.82) is 0 Å². The van der Waals surface area contributed by atoms with Crippen molar-refractivity contribution in [2.24, 2.45) is 0 Å². The number of quaternary nitrogens is 1. The molecule has 42 heavy (non-hydrogen) atoms. The lowest BCUT2D eigenvalue weighted by molar-refractivity contribution is -0.910. The topological polar surface area (TPSA) is 115 Å². The van der Waals surface area contributed by atoms with E-state index in [0.717, 1.165) is 56.5 Å². The summed E-state index contributed by atoms with van der Waals surface area (Å²) in [7, 11) is 0.475. The van der Waals surface area contributed by atoms with Gasteiger partial charge in [-0.25, -0.2) is 4.79 Å². The normalized spacial score (nSPS) is 13.5. The highest BCUT2D eigenvalue weighted by atomic mass is 32.2. The van der Waals surface area contributed by atoms with Crippen molar-refractivity contribution in [1.82, 2.24) is 4.90 Å². The second-order valence-electron chi connectivity index (χ2n) is 11.9. The number of aliphatic hydroxyl groups is 1. The number of unbranched alkanes of at least 4 members (excludes halogenated alkanes) is 14. The van der Waals surface area contributed by atoms with Crippen molar-refractivity contribution >= 4 is 16.1 Å². The van der Waals surface area contributed by atoms with Gasteiger partial charge in [-0.05, 0) is 45.7 Å². The number of hydrogen-bond donors (Lipinski definition) is 3. The lowest BCUT2D eigenvalue weighted by Crippen LogP contribution is -2.47. The van der Waals surface area contributed by atoms with Gasteiger partial charge in [0.15, 0.2) is 0 Å². The molecule has 0 saturated carbocycles. The Morgan fingerprint density at radius 2 is 1.07 bits per heavy atom. The number of rotatable bonds is 27. The summed E-state index contributed by atoms with van der Waals surface area (Å²) in [6.07, 6.45) is 17.5. The van der Waals surface area contributed by atoms with Crippen LogP contribution in [0, 0.1) is 0 Å². The Bertz CT molecular complexity index is 741. The molecule has 0 aliphatic rings. The van der Waals surface area contributed by atoms with Gasteiger partial charge in [0.05, 0.1) is 32.4 Å². The predicted octanol–water partition coefficient (Wildman–Crippen LogP) is 6.92. The number of aliphatic carboxylic acids is 1. The summed E-state index contributed by atoms with van der Waals surface area (Å²) in [5.41, 5.74) is 0. The minimum atomic E-state index is -5.08. The van der Waals surface area contributed by atoms with Crippen LogP contribution < -0.4 is 0 Å². The number of nitrogens with zero attached hydrogens (tertiary/aromatic N) is 2. The summed E-state index contributed by atoms with van der Waals surface area (Å²) in [4.78, 5) is 11.2. The fourth-order valence-electron chi connectivity index (χ4n) is 4.98. The zero-order chi connectivity index (χ0) is 32.3. The molecular weight excluding hydrogens is 573 g/mol. The maximum atomic E-state index is 11.2. The zero-order valence-corrected chi connectivity index (χ0v) is 27.5. The van der Waals surface area contributed by atoms with E-state index >= 15 is 0 Å². The fourth-order valence-corrected chi connectivity index (χ4v) is 5.47. The molecule has 12 heteroatoms. The van der Waals surface area contributed by atoms with Crippen LogP contribution in [0.25, 0.3) is 0 Å². The Hall–Kier alpha value is -0.950. The fraction of sp³-hybridized carbons (Fsp3) is 0.967. The largest absolute Gasteiger partial charge is 0.490 e. The molecule has 1 atom stereocenters. The second-order valence-corrected chi connectivity index (χ2v) is 13.5. The third-order valence-electron chi connectivity index (χ3n) is 7.58. The molecule has 0 radical (unpaired) electrons. The highest BCUT2D eigenvalue weighted by Crippen LogP contribution is 2.16. The van der Waals surface area contributed by atoms with Crippen LogP contribution in [0.15, 0.2) is 0 Å². The highest BCUT2D eigenvalue weighted by Gasteiger charge is 2.38. The molecule has 0 bridgehead atoms. The molecule has 0 amide bonds. The van der Waals surface area contributed by atoms with Crippen molar-refractivity contribution in [3.63, 3.8) is 0 Å². The summed E-state index contributed by atoms with van der Waals surface area (Å²) < 4.78 is 64.1. The molecule has 0 heterocycles. The minimum Gasteiger partial charge on any atom is -0.475 e. The van der Waals surface area contributed by atoms with Crippen molar-refractivity contribution < 1.29 is 45.6 Å². The summed E-state index contributed by atoms with van der Waals surface area (Å²) in [6.45, 7) is 7.42. The number of halogens is 3. The first-order chi connectivity index (χ1) is 19.7. The monoisotopic (exact) mass is 635 g/mol. The average Bonchev–Trinajstić information content (AvgIpc) is 2.89.